The number of Topliss-reactive ketones (excluding diaryl/α,β-unsaturated/α-hetero) is 2. The number of carbonyl (C=O) groups is 3. The van der Waals surface area contributed by atoms with Gasteiger partial charge in [-0.15, -0.1) is 0 Å². The third-order valence-corrected chi connectivity index (χ3v) is 7.86. The summed E-state index contributed by atoms with van der Waals surface area (Å²) < 4.78 is 0. The molecule has 0 unspecified atom stereocenters. The maximum Gasteiger partial charge on any atom is 0.255 e. The minimum atomic E-state index is -2.85. The van der Waals surface area contributed by atoms with Crippen molar-refractivity contribution in [2.75, 3.05) is 19.0 Å². The number of ketones is 2. The number of hydrogen-bond acceptors (Lipinski definition) is 9. The molecule has 0 saturated heterocycles. The summed E-state index contributed by atoms with van der Waals surface area (Å²) in [5.74, 6) is -8.68. The van der Waals surface area contributed by atoms with Gasteiger partial charge in [0.15, 0.2) is 11.4 Å². The van der Waals surface area contributed by atoms with Crippen molar-refractivity contribution in [3.8, 4) is 5.75 Å². The molecule has 1 amide bonds. The standard InChI is InChI=1S/C26H32N2O8/c1-9-14-12(28(5)6)7-10(25(2,3)4)19(30)17(14)21(32)18-15(9)20(31)11-8-13(29)16(24(27)35)22(33)26(11,36)23(18)34/h7,9,11,15,20,29-31,34,36H,8H2,1-6H3,(H2,27,35)/t9-,11+,15+,20+,26+/m0/s1. The molecule has 10 nitrogen and oxygen atoms in total. The predicted molar refractivity (Wildman–Crippen MR) is 130 cm³/mol. The summed E-state index contributed by atoms with van der Waals surface area (Å²) in [6.45, 7) is 7.32. The molecular formula is C26H32N2O8. The highest BCUT2D eigenvalue weighted by molar-refractivity contribution is 6.24. The van der Waals surface area contributed by atoms with E-state index in [2.05, 4.69) is 0 Å². The molecule has 5 atom stereocenters. The van der Waals surface area contributed by atoms with Gasteiger partial charge in [-0.3, -0.25) is 14.4 Å². The van der Waals surface area contributed by atoms with E-state index >= 15 is 0 Å². The lowest BCUT2D eigenvalue weighted by Crippen LogP contribution is -2.62. The summed E-state index contributed by atoms with van der Waals surface area (Å²) in [5.41, 5.74) is 2.00. The van der Waals surface area contributed by atoms with E-state index in [0.717, 1.165) is 0 Å². The number of aliphatic hydroxyl groups excluding tert-OH is 3. The van der Waals surface area contributed by atoms with Crippen molar-refractivity contribution in [2.24, 2.45) is 17.6 Å². The van der Waals surface area contributed by atoms with E-state index in [0.29, 0.717) is 16.8 Å². The van der Waals surface area contributed by atoms with Gasteiger partial charge >= 0.3 is 0 Å². The van der Waals surface area contributed by atoms with Crippen LogP contribution < -0.4 is 10.6 Å². The average molecular weight is 501 g/mol. The number of carbonyl (C=O) groups excluding carboxylic acids is 3. The molecule has 0 bridgehead atoms. The first-order chi connectivity index (χ1) is 16.5. The molecule has 0 heterocycles. The molecule has 10 heteroatoms. The van der Waals surface area contributed by atoms with Crippen LogP contribution in [-0.2, 0) is 15.0 Å². The quantitative estimate of drug-likeness (QED) is 0.328. The second kappa shape index (κ2) is 7.81. The highest BCUT2D eigenvalue weighted by Crippen LogP contribution is 2.57. The number of phenols is 1. The first-order valence-electron chi connectivity index (χ1n) is 11.7. The Bertz CT molecular complexity index is 1290. The van der Waals surface area contributed by atoms with Crippen LogP contribution in [-0.4, -0.2) is 68.8 Å². The summed E-state index contributed by atoms with van der Waals surface area (Å²) in [4.78, 5) is 40.7. The van der Waals surface area contributed by atoms with Crippen molar-refractivity contribution in [3.63, 3.8) is 0 Å². The first-order valence-corrected chi connectivity index (χ1v) is 11.7. The fourth-order valence-electron chi connectivity index (χ4n) is 6.06. The van der Waals surface area contributed by atoms with Gasteiger partial charge in [0.05, 0.1) is 11.7 Å². The molecule has 3 aliphatic rings. The SMILES string of the molecule is C[C@H]1c2c(N(C)C)cc(C(C)(C)C)c(O)c2C(=O)C2=C(O)[C@]3(O)C(=O)C(C(N)=O)=C(O)C[C@@H]3[C@@H](O)[C@@H]21. The molecule has 0 radical (unpaired) electrons. The number of hydrogen-bond donors (Lipinski definition) is 6. The van der Waals surface area contributed by atoms with Gasteiger partial charge in [-0.25, -0.2) is 0 Å². The van der Waals surface area contributed by atoms with Gasteiger partial charge in [-0.1, -0.05) is 27.7 Å². The van der Waals surface area contributed by atoms with Crippen molar-refractivity contribution < 1.29 is 39.9 Å². The molecule has 1 aromatic rings. The molecule has 0 aromatic heterocycles. The Kier molecular flexibility index (Phi) is 5.58. The Labute approximate surface area is 208 Å². The van der Waals surface area contributed by atoms with Gasteiger partial charge in [0.1, 0.15) is 22.8 Å². The topological polar surface area (TPSA) is 182 Å². The van der Waals surface area contributed by atoms with E-state index in [1.54, 1.807) is 32.0 Å². The Hall–Kier alpha value is -3.37. The van der Waals surface area contributed by atoms with E-state index < -0.39 is 81.4 Å². The average Bonchev–Trinajstić information content (AvgIpc) is 2.75. The largest absolute Gasteiger partial charge is 0.511 e. The lowest BCUT2D eigenvalue weighted by atomic mass is 9.56. The number of nitrogens with zero attached hydrogens (tertiary/aromatic N) is 1. The first kappa shape index (κ1) is 25.7. The van der Waals surface area contributed by atoms with Crippen LogP contribution in [0.5, 0.6) is 5.75 Å². The van der Waals surface area contributed by atoms with Crippen molar-refractivity contribution >= 4 is 23.2 Å². The maximum atomic E-state index is 13.9. The molecule has 0 spiro atoms. The second-order valence-electron chi connectivity index (χ2n) is 11.2. The molecule has 0 aliphatic heterocycles. The van der Waals surface area contributed by atoms with Gasteiger partial charge in [-0.05, 0) is 23.0 Å². The molecule has 1 aromatic carbocycles. The molecule has 0 fully saturated rings. The highest BCUT2D eigenvalue weighted by atomic mass is 16.4. The van der Waals surface area contributed by atoms with E-state index in [1.165, 1.54) is 0 Å². The number of anilines is 1. The minimum absolute atomic E-state index is 0.0811. The van der Waals surface area contributed by atoms with Crippen molar-refractivity contribution in [1.29, 1.82) is 0 Å². The molecule has 0 saturated carbocycles. The highest BCUT2D eigenvalue weighted by Gasteiger charge is 2.64. The van der Waals surface area contributed by atoms with Crippen LogP contribution in [0, 0.1) is 11.8 Å². The Morgan fingerprint density at radius 2 is 1.75 bits per heavy atom. The molecule has 7 N–H and O–H groups in total. The summed E-state index contributed by atoms with van der Waals surface area (Å²) in [7, 11) is 3.56. The van der Waals surface area contributed by atoms with Crippen molar-refractivity contribution in [1.82, 2.24) is 0 Å². The third-order valence-electron chi connectivity index (χ3n) is 7.86. The van der Waals surface area contributed by atoms with Crippen LogP contribution >= 0.6 is 0 Å². The summed E-state index contributed by atoms with van der Waals surface area (Å²) in [5, 5.41) is 55.7. The van der Waals surface area contributed by atoms with Gasteiger partial charge < -0.3 is 36.2 Å². The number of primary amides is 1. The zero-order valence-corrected chi connectivity index (χ0v) is 21.1. The zero-order chi connectivity index (χ0) is 27.2. The number of fused-ring (bicyclic) bond motifs is 3. The Morgan fingerprint density at radius 3 is 2.25 bits per heavy atom. The van der Waals surface area contributed by atoms with E-state index in [9.17, 15) is 39.9 Å². The van der Waals surface area contributed by atoms with Crippen molar-refractivity contribution in [2.45, 2.75) is 57.2 Å². The third kappa shape index (κ3) is 3.13. The van der Waals surface area contributed by atoms with E-state index in [-0.39, 0.29) is 11.3 Å². The summed E-state index contributed by atoms with van der Waals surface area (Å²) >= 11 is 0. The molecule has 3 aliphatic carbocycles. The fraction of sp³-hybridized carbons (Fsp3) is 0.500. The number of amides is 1. The number of allylic oxidation sites excluding steroid dienone is 1. The predicted octanol–water partition coefficient (Wildman–Crippen LogP) is 1.48. The number of benzene rings is 1. The second-order valence-corrected chi connectivity index (χ2v) is 11.2. The van der Waals surface area contributed by atoms with Crippen LogP contribution in [0.1, 0.15) is 61.5 Å². The number of nitrogens with two attached hydrogens (primary N) is 1. The Balaban J connectivity index is 2.07. The molecular weight excluding hydrogens is 468 g/mol. The van der Waals surface area contributed by atoms with E-state index in [1.807, 2.05) is 20.8 Å². The van der Waals surface area contributed by atoms with Crippen LogP contribution in [0.4, 0.5) is 5.69 Å². The minimum Gasteiger partial charge on any atom is -0.511 e. The van der Waals surface area contributed by atoms with Crippen LogP contribution in [0.25, 0.3) is 0 Å². The Morgan fingerprint density at radius 1 is 1.17 bits per heavy atom. The number of aliphatic hydroxyl groups is 4. The van der Waals surface area contributed by atoms with Crippen molar-refractivity contribution in [3.05, 3.63) is 45.4 Å². The lowest BCUT2D eigenvalue weighted by molar-refractivity contribution is -0.154. The van der Waals surface area contributed by atoms with Gasteiger partial charge in [-0.2, -0.15) is 0 Å². The molecule has 36 heavy (non-hydrogen) atoms. The van der Waals surface area contributed by atoms with Gasteiger partial charge in [0, 0.05) is 49.2 Å². The normalized spacial score (nSPS) is 30.1. The molecule has 194 valence electrons. The lowest BCUT2D eigenvalue weighted by Gasteiger charge is -2.50. The number of aromatic hydroxyl groups is 1. The monoisotopic (exact) mass is 500 g/mol. The summed E-state index contributed by atoms with van der Waals surface area (Å²) in [6.07, 6.45) is -2.08. The number of rotatable bonds is 2. The van der Waals surface area contributed by atoms with Crippen LogP contribution in [0.3, 0.4) is 0 Å². The van der Waals surface area contributed by atoms with Gasteiger partial charge in [0.2, 0.25) is 5.78 Å². The maximum absolute atomic E-state index is 13.9. The summed E-state index contributed by atoms with van der Waals surface area (Å²) in [6, 6.07) is 1.79. The van der Waals surface area contributed by atoms with Crippen LogP contribution in [0.2, 0.25) is 0 Å². The van der Waals surface area contributed by atoms with Gasteiger partial charge in [0.25, 0.3) is 5.91 Å². The van der Waals surface area contributed by atoms with Crippen LogP contribution in [0.15, 0.2) is 28.7 Å². The fourth-order valence-corrected chi connectivity index (χ4v) is 6.06. The molecule has 4 rings (SSSR count). The number of phenolic OH excluding ortho intramolecular Hbond substituents is 1. The smallest absolute Gasteiger partial charge is 0.255 e. The van der Waals surface area contributed by atoms with E-state index in [4.69, 9.17) is 5.73 Å². The zero-order valence-electron chi connectivity index (χ0n) is 21.1.